The number of fused-ring (bicyclic) bond motifs is 1. The molecule has 1 aliphatic heterocycles. The number of Topliss-reactive ketones (excluding diaryl/α,β-unsaturated/α-hetero) is 1. The quantitative estimate of drug-likeness (QED) is 0.319. The Labute approximate surface area is 189 Å². The van der Waals surface area contributed by atoms with E-state index in [1.54, 1.807) is 54.2 Å². The van der Waals surface area contributed by atoms with Gasteiger partial charge in [-0.15, -0.1) is 0 Å². The number of ketones is 1. The molecule has 2 heterocycles. The lowest BCUT2D eigenvalue weighted by Gasteiger charge is -2.19. The van der Waals surface area contributed by atoms with Gasteiger partial charge in [0.1, 0.15) is 23.2 Å². The second-order valence-corrected chi connectivity index (χ2v) is 7.47. The minimum Gasteiger partial charge on any atom is -0.451 e. The van der Waals surface area contributed by atoms with Gasteiger partial charge in [-0.05, 0) is 36.4 Å². The number of nitriles is 1. The number of nitrogens with zero attached hydrogens (tertiary/aromatic N) is 3. The summed E-state index contributed by atoms with van der Waals surface area (Å²) >= 11 is 6.16. The third-order valence-corrected chi connectivity index (χ3v) is 5.46. The number of benzene rings is 2. The standard InChI is InChI=1S/C24H18ClN3O4/c1-27-18-9-5-6-10-19(18)28(2)23(27)16(13-26)20(29)14-31-24(30)22-12-11-21(32-22)15-7-3-4-8-17(15)25/h3-12H,14H2,1-2H3. The molecule has 0 fully saturated rings. The minimum atomic E-state index is -0.810. The highest BCUT2D eigenvalue weighted by Crippen LogP contribution is 2.40. The van der Waals surface area contributed by atoms with Crippen molar-refractivity contribution < 1.29 is 18.7 Å². The highest BCUT2D eigenvalue weighted by atomic mass is 35.5. The van der Waals surface area contributed by atoms with Crippen molar-refractivity contribution in [2.45, 2.75) is 0 Å². The molecule has 0 N–H and O–H groups in total. The molecule has 3 aromatic rings. The normalized spacial score (nSPS) is 12.4. The van der Waals surface area contributed by atoms with Crippen molar-refractivity contribution in [2.75, 3.05) is 30.5 Å². The van der Waals surface area contributed by atoms with Gasteiger partial charge in [-0.25, -0.2) is 4.79 Å². The zero-order valence-corrected chi connectivity index (χ0v) is 18.1. The number of anilines is 2. The first kappa shape index (κ1) is 21.2. The Kier molecular flexibility index (Phi) is 5.71. The van der Waals surface area contributed by atoms with Gasteiger partial charge in [0.05, 0.1) is 16.4 Å². The number of carbonyl (C=O) groups is 2. The molecular weight excluding hydrogens is 430 g/mol. The van der Waals surface area contributed by atoms with Gasteiger partial charge in [0, 0.05) is 19.7 Å². The molecule has 1 aromatic heterocycles. The van der Waals surface area contributed by atoms with Gasteiger partial charge < -0.3 is 19.0 Å². The Balaban J connectivity index is 1.49. The Morgan fingerprint density at radius 2 is 1.62 bits per heavy atom. The van der Waals surface area contributed by atoms with Gasteiger partial charge in [0.25, 0.3) is 0 Å². The molecule has 0 bridgehead atoms. The van der Waals surface area contributed by atoms with Crippen molar-refractivity contribution in [1.82, 2.24) is 0 Å². The zero-order chi connectivity index (χ0) is 22.8. The van der Waals surface area contributed by atoms with E-state index in [4.69, 9.17) is 20.8 Å². The summed E-state index contributed by atoms with van der Waals surface area (Å²) < 4.78 is 10.7. The van der Waals surface area contributed by atoms with Crippen LogP contribution < -0.4 is 9.80 Å². The smallest absolute Gasteiger partial charge is 0.374 e. The van der Waals surface area contributed by atoms with Gasteiger partial charge >= 0.3 is 5.97 Å². The summed E-state index contributed by atoms with van der Waals surface area (Å²) in [6.07, 6.45) is 0. The number of rotatable bonds is 5. The van der Waals surface area contributed by atoms with Gasteiger partial charge in [-0.1, -0.05) is 35.9 Å². The maximum Gasteiger partial charge on any atom is 0.374 e. The first-order chi connectivity index (χ1) is 15.4. The van der Waals surface area contributed by atoms with Crippen LogP contribution in [0.2, 0.25) is 5.02 Å². The topological polar surface area (TPSA) is 86.8 Å². The average molecular weight is 448 g/mol. The van der Waals surface area contributed by atoms with Crippen LogP contribution in [0, 0.1) is 11.3 Å². The summed E-state index contributed by atoms with van der Waals surface area (Å²) in [5.41, 5.74) is 2.26. The summed E-state index contributed by atoms with van der Waals surface area (Å²) in [5, 5.41) is 10.1. The van der Waals surface area contributed by atoms with Crippen molar-refractivity contribution in [3.8, 4) is 17.4 Å². The number of carbonyl (C=O) groups excluding carboxylic acids is 2. The predicted molar refractivity (Wildman–Crippen MR) is 120 cm³/mol. The molecule has 0 saturated carbocycles. The first-order valence-electron chi connectivity index (χ1n) is 9.68. The van der Waals surface area contributed by atoms with Crippen molar-refractivity contribution in [3.05, 3.63) is 82.8 Å². The molecule has 0 amide bonds. The lowest BCUT2D eigenvalue weighted by atomic mass is 10.2. The summed E-state index contributed by atoms with van der Waals surface area (Å²) in [4.78, 5) is 28.7. The van der Waals surface area contributed by atoms with E-state index in [0.29, 0.717) is 22.2 Å². The van der Waals surface area contributed by atoms with Crippen molar-refractivity contribution in [2.24, 2.45) is 0 Å². The second kappa shape index (κ2) is 8.61. The van der Waals surface area contributed by atoms with Crippen LogP contribution in [0.4, 0.5) is 11.4 Å². The SMILES string of the molecule is CN1C(=C(C#N)C(=O)COC(=O)c2ccc(-c3ccccc3Cl)o2)N(C)c2ccccc21. The van der Waals surface area contributed by atoms with Crippen LogP contribution in [0.15, 0.2) is 76.5 Å². The van der Waals surface area contributed by atoms with E-state index in [9.17, 15) is 14.9 Å². The molecule has 2 aromatic carbocycles. The molecule has 160 valence electrons. The van der Waals surface area contributed by atoms with Crippen molar-refractivity contribution in [1.29, 1.82) is 5.26 Å². The van der Waals surface area contributed by atoms with Crippen molar-refractivity contribution in [3.63, 3.8) is 0 Å². The molecule has 7 nitrogen and oxygen atoms in total. The number of esters is 1. The molecule has 0 aliphatic carbocycles. The van der Waals surface area contributed by atoms with E-state index in [0.717, 1.165) is 11.4 Å². The lowest BCUT2D eigenvalue weighted by molar-refractivity contribution is -0.118. The molecule has 1 aliphatic rings. The van der Waals surface area contributed by atoms with Gasteiger partial charge in [-0.2, -0.15) is 5.26 Å². The number of halogens is 1. The van der Waals surface area contributed by atoms with Gasteiger partial charge in [-0.3, -0.25) is 4.79 Å². The number of ether oxygens (including phenoxy) is 1. The molecule has 0 radical (unpaired) electrons. The monoisotopic (exact) mass is 447 g/mol. The van der Waals surface area contributed by atoms with Crippen LogP contribution in [0.1, 0.15) is 10.6 Å². The molecule has 0 unspecified atom stereocenters. The first-order valence-corrected chi connectivity index (χ1v) is 10.1. The maximum absolute atomic E-state index is 12.8. The number of hydrogen-bond acceptors (Lipinski definition) is 7. The summed E-state index contributed by atoms with van der Waals surface area (Å²) in [6, 6.07) is 19.6. The summed E-state index contributed by atoms with van der Waals surface area (Å²) in [5.74, 6) is -0.661. The number of hydrogen-bond donors (Lipinski definition) is 0. The van der Waals surface area contributed by atoms with E-state index in [2.05, 4.69) is 0 Å². The van der Waals surface area contributed by atoms with Crippen LogP contribution in [0.5, 0.6) is 0 Å². The third kappa shape index (κ3) is 3.72. The van der Waals surface area contributed by atoms with Gasteiger partial charge in [0.2, 0.25) is 11.5 Å². The fourth-order valence-corrected chi connectivity index (χ4v) is 3.81. The summed E-state index contributed by atoms with van der Waals surface area (Å²) in [6.45, 7) is -0.592. The third-order valence-electron chi connectivity index (χ3n) is 5.13. The van der Waals surface area contributed by atoms with Crippen LogP contribution in [0.25, 0.3) is 11.3 Å². The molecule has 0 atom stereocenters. The van der Waals surface area contributed by atoms with E-state index in [1.807, 2.05) is 30.3 Å². The molecular formula is C24H18ClN3O4. The fraction of sp³-hybridized carbons (Fsp3) is 0.125. The largest absolute Gasteiger partial charge is 0.451 e. The van der Waals surface area contributed by atoms with E-state index in [-0.39, 0.29) is 11.3 Å². The average Bonchev–Trinajstić information content (AvgIpc) is 3.38. The Morgan fingerprint density at radius 3 is 2.25 bits per heavy atom. The Bertz CT molecular complexity index is 1260. The molecule has 32 heavy (non-hydrogen) atoms. The van der Waals surface area contributed by atoms with Crippen molar-refractivity contribution >= 4 is 34.7 Å². The van der Waals surface area contributed by atoms with E-state index < -0.39 is 18.4 Å². The Hall–Kier alpha value is -4.02. The lowest BCUT2D eigenvalue weighted by Crippen LogP contribution is -2.27. The number of furan rings is 1. The fourth-order valence-electron chi connectivity index (χ4n) is 3.58. The van der Waals surface area contributed by atoms with Gasteiger partial charge in [0.15, 0.2) is 6.61 Å². The zero-order valence-electron chi connectivity index (χ0n) is 17.3. The number of para-hydroxylation sites is 2. The van der Waals surface area contributed by atoms with E-state index in [1.165, 1.54) is 6.07 Å². The Morgan fingerprint density at radius 1 is 1.00 bits per heavy atom. The highest BCUT2D eigenvalue weighted by molar-refractivity contribution is 6.33. The van der Waals surface area contributed by atoms with Crippen LogP contribution in [-0.4, -0.2) is 32.5 Å². The molecule has 0 saturated heterocycles. The molecule has 8 heteroatoms. The van der Waals surface area contributed by atoms with Crippen LogP contribution >= 0.6 is 11.6 Å². The maximum atomic E-state index is 12.8. The molecule has 0 spiro atoms. The van der Waals surface area contributed by atoms with Crippen LogP contribution in [-0.2, 0) is 9.53 Å². The minimum absolute atomic E-state index is 0.0682. The molecule has 4 rings (SSSR count). The second-order valence-electron chi connectivity index (χ2n) is 7.06. The van der Waals surface area contributed by atoms with Crippen LogP contribution in [0.3, 0.4) is 0 Å². The summed E-state index contributed by atoms with van der Waals surface area (Å²) in [7, 11) is 3.54. The van der Waals surface area contributed by atoms with E-state index >= 15 is 0 Å². The predicted octanol–water partition coefficient (Wildman–Crippen LogP) is 4.65. The highest BCUT2D eigenvalue weighted by Gasteiger charge is 2.31.